The summed E-state index contributed by atoms with van der Waals surface area (Å²) in [4.78, 5) is 4.42. The summed E-state index contributed by atoms with van der Waals surface area (Å²) in [6.07, 6.45) is 1.89. The van der Waals surface area contributed by atoms with Gasteiger partial charge in [0.2, 0.25) is 0 Å². The first-order valence-electron chi connectivity index (χ1n) is 7.11. The van der Waals surface area contributed by atoms with Crippen molar-refractivity contribution in [3.05, 3.63) is 53.9 Å². The molecule has 0 aliphatic rings. The second-order valence-electron chi connectivity index (χ2n) is 5.16. The molecule has 0 aliphatic heterocycles. The quantitative estimate of drug-likeness (QED) is 0.849. The molecule has 2 rings (SSSR count). The lowest BCUT2D eigenvalue weighted by molar-refractivity contribution is 0.300. The van der Waals surface area contributed by atoms with E-state index in [9.17, 15) is 0 Å². The van der Waals surface area contributed by atoms with Gasteiger partial charge in [-0.1, -0.05) is 19.9 Å². The van der Waals surface area contributed by atoms with Crippen molar-refractivity contribution < 1.29 is 9.47 Å². The van der Waals surface area contributed by atoms with E-state index in [4.69, 9.17) is 9.47 Å². The highest BCUT2D eigenvalue weighted by molar-refractivity contribution is 5.31. The SMILES string of the molecule is COc1ccc(OCc2ccc(CNC(C)C)cn2)cc1. The van der Waals surface area contributed by atoms with Crippen molar-refractivity contribution in [2.45, 2.75) is 33.0 Å². The zero-order valence-corrected chi connectivity index (χ0v) is 12.8. The third-order valence-electron chi connectivity index (χ3n) is 3.05. The average Bonchev–Trinajstić information content (AvgIpc) is 2.52. The van der Waals surface area contributed by atoms with Gasteiger partial charge in [0.25, 0.3) is 0 Å². The molecule has 1 aromatic heterocycles. The molecule has 112 valence electrons. The number of ether oxygens (including phenoxy) is 2. The Hall–Kier alpha value is -2.07. The maximum atomic E-state index is 5.70. The number of nitrogens with one attached hydrogen (secondary N) is 1. The minimum atomic E-state index is 0.463. The number of hydrogen-bond donors (Lipinski definition) is 1. The van der Waals surface area contributed by atoms with Crippen LogP contribution in [0.2, 0.25) is 0 Å². The molecule has 0 saturated carbocycles. The van der Waals surface area contributed by atoms with Gasteiger partial charge in [-0.25, -0.2) is 0 Å². The minimum Gasteiger partial charge on any atom is -0.497 e. The molecule has 0 aliphatic carbocycles. The third-order valence-corrected chi connectivity index (χ3v) is 3.05. The Kier molecular flexibility index (Phi) is 5.58. The summed E-state index contributed by atoms with van der Waals surface area (Å²) in [6, 6.07) is 12.1. The molecule has 0 unspecified atom stereocenters. The molecule has 0 atom stereocenters. The minimum absolute atomic E-state index is 0.463. The highest BCUT2D eigenvalue weighted by Gasteiger charge is 2.00. The second-order valence-corrected chi connectivity index (χ2v) is 5.16. The molecule has 0 spiro atoms. The van der Waals surface area contributed by atoms with Gasteiger partial charge in [0.15, 0.2) is 0 Å². The summed E-state index contributed by atoms with van der Waals surface area (Å²) < 4.78 is 10.8. The van der Waals surface area contributed by atoms with Gasteiger partial charge >= 0.3 is 0 Å². The lowest BCUT2D eigenvalue weighted by atomic mass is 10.2. The van der Waals surface area contributed by atoms with Crippen LogP contribution in [0.15, 0.2) is 42.6 Å². The lowest BCUT2D eigenvalue weighted by Crippen LogP contribution is -2.21. The average molecular weight is 286 g/mol. The Morgan fingerprint density at radius 1 is 1.05 bits per heavy atom. The van der Waals surface area contributed by atoms with Crippen molar-refractivity contribution in [1.29, 1.82) is 0 Å². The highest BCUT2D eigenvalue weighted by atomic mass is 16.5. The van der Waals surface area contributed by atoms with E-state index < -0.39 is 0 Å². The van der Waals surface area contributed by atoms with Gasteiger partial charge in [0.05, 0.1) is 12.8 Å². The Balaban J connectivity index is 1.85. The first-order chi connectivity index (χ1) is 10.2. The standard InChI is InChI=1S/C17H22N2O2/c1-13(2)18-10-14-4-5-15(19-11-14)12-21-17-8-6-16(20-3)7-9-17/h4-9,11,13,18H,10,12H2,1-3H3. The number of rotatable bonds is 7. The fourth-order valence-corrected chi connectivity index (χ4v) is 1.80. The zero-order chi connectivity index (χ0) is 15.1. The maximum Gasteiger partial charge on any atom is 0.130 e. The van der Waals surface area contributed by atoms with Gasteiger partial charge in [0.1, 0.15) is 18.1 Å². The fourth-order valence-electron chi connectivity index (χ4n) is 1.80. The van der Waals surface area contributed by atoms with Gasteiger partial charge in [0, 0.05) is 18.8 Å². The van der Waals surface area contributed by atoms with Crippen LogP contribution >= 0.6 is 0 Å². The van der Waals surface area contributed by atoms with Crippen molar-refractivity contribution in [2.24, 2.45) is 0 Å². The number of methoxy groups -OCH3 is 1. The van der Waals surface area contributed by atoms with Crippen LogP contribution < -0.4 is 14.8 Å². The molecule has 0 amide bonds. The van der Waals surface area contributed by atoms with E-state index in [1.165, 1.54) is 5.56 Å². The van der Waals surface area contributed by atoms with Crippen LogP contribution in [0, 0.1) is 0 Å². The van der Waals surface area contributed by atoms with Crippen LogP contribution in [-0.4, -0.2) is 18.1 Å². The summed E-state index contributed by atoms with van der Waals surface area (Å²) in [5.74, 6) is 1.63. The summed E-state index contributed by atoms with van der Waals surface area (Å²) in [5.41, 5.74) is 2.09. The summed E-state index contributed by atoms with van der Waals surface area (Å²) in [5, 5.41) is 3.37. The van der Waals surface area contributed by atoms with Crippen LogP contribution in [-0.2, 0) is 13.2 Å². The molecule has 1 aromatic carbocycles. The maximum absolute atomic E-state index is 5.70. The molecule has 4 nitrogen and oxygen atoms in total. The van der Waals surface area contributed by atoms with Crippen molar-refractivity contribution in [2.75, 3.05) is 7.11 Å². The summed E-state index contributed by atoms with van der Waals surface area (Å²) in [7, 11) is 1.65. The highest BCUT2D eigenvalue weighted by Crippen LogP contribution is 2.17. The molecule has 0 saturated heterocycles. The molecule has 2 aromatic rings. The first kappa shape index (κ1) is 15.3. The van der Waals surface area contributed by atoms with Gasteiger partial charge in [-0.2, -0.15) is 0 Å². The van der Waals surface area contributed by atoms with E-state index in [2.05, 4.69) is 30.2 Å². The lowest BCUT2D eigenvalue weighted by Gasteiger charge is -2.09. The Morgan fingerprint density at radius 2 is 1.76 bits per heavy atom. The summed E-state index contributed by atoms with van der Waals surface area (Å²) in [6.45, 7) is 5.56. The second kappa shape index (κ2) is 7.64. The molecule has 0 radical (unpaired) electrons. The van der Waals surface area contributed by atoms with E-state index in [1.54, 1.807) is 7.11 Å². The zero-order valence-electron chi connectivity index (χ0n) is 12.8. The summed E-state index contributed by atoms with van der Waals surface area (Å²) >= 11 is 0. The first-order valence-corrected chi connectivity index (χ1v) is 7.11. The molecule has 1 N–H and O–H groups in total. The van der Waals surface area contributed by atoms with Crippen LogP contribution in [0.5, 0.6) is 11.5 Å². The number of benzene rings is 1. The van der Waals surface area contributed by atoms with Crippen molar-refractivity contribution in [1.82, 2.24) is 10.3 Å². The molecule has 4 heteroatoms. The Bertz CT molecular complexity index is 536. The van der Waals surface area contributed by atoms with Crippen LogP contribution in [0.1, 0.15) is 25.1 Å². The van der Waals surface area contributed by atoms with Gasteiger partial charge in [-0.3, -0.25) is 4.98 Å². The fraction of sp³-hybridized carbons (Fsp3) is 0.353. The normalized spacial score (nSPS) is 10.7. The molecule has 0 bridgehead atoms. The van der Waals surface area contributed by atoms with E-state index in [0.29, 0.717) is 12.6 Å². The molecule has 21 heavy (non-hydrogen) atoms. The Labute approximate surface area is 126 Å². The predicted molar refractivity (Wildman–Crippen MR) is 83.5 cm³/mol. The van der Waals surface area contributed by atoms with Crippen molar-refractivity contribution >= 4 is 0 Å². The molecular weight excluding hydrogens is 264 g/mol. The van der Waals surface area contributed by atoms with Crippen LogP contribution in [0.25, 0.3) is 0 Å². The van der Waals surface area contributed by atoms with Crippen molar-refractivity contribution in [3.8, 4) is 11.5 Å². The van der Waals surface area contributed by atoms with E-state index in [-0.39, 0.29) is 0 Å². The Morgan fingerprint density at radius 3 is 2.33 bits per heavy atom. The predicted octanol–water partition coefficient (Wildman–Crippen LogP) is 3.17. The largest absolute Gasteiger partial charge is 0.497 e. The third kappa shape index (κ3) is 5.08. The number of pyridine rings is 1. The topological polar surface area (TPSA) is 43.4 Å². The van der Waals surface area contributed by atoms with E-state index in [1.807, 2.05) is 36.5 Å². The van der Waals surface area contributed by atoms with E-state index >= 15 is 0 Å². The number of aromatic nitrogens is 1. The number of nitrogens with zero attached hydrogens (tertiary/aromatic N) is 1. The molecule has 1 heterocycles. The van der Waals surface area contributed by atoms with Gasteiger partial charge < -0.3 is 14.8 Å². The van der Waals surface area contributed by atoms with Crippen molar-refractivity contribution in [3.63, 3.8) is 0 Å². The monoisotopic (exact) mass is 286 g/mol. The number of hydrogen-bond acceptors (Lipinski definition) is 4. The van der Waals surface area contributed by atoms with Crippen LogP contribution in [0.3, 0.4) is 0 Å². The molecular formula is C17H22N2O2. The van der Waals surface area contributed by atoms with Gasteiger partial charge in [-0.15, -0.1) is 0 Å². The smallest absolute Gasteiger partial charge is 0.130 e. The van der Waals surface area contributed by atoms with E-state index in [0.717, 1.165) is 23.7 Å². The van der Waals surface area contributed by atoms with Crippen LogP contribution in [0.4, 0.5) is 0 Å². The molecule has 0 fully saturated rings. The van der Waals surface area contributed by atoms with Gasteiger partial charge in [-0.05, 0) is 35.9 Å².